The number of hydrogen-bond acceptors (Lipinski definition) is 4. The van der Waals surface area contributed by atoms with Gasteiger partial charge in [-0.1, -0.05) is 6.07 Å². The van der Waals surface area contributed by atoms with E-state index in [4.69, 9.17) is 5.73 Å². The van der Waals surface area contributed by atoms with Gasteiger partial charge in [-0.3, -0.25) is 0 Å². The first-order chi connectivity index (χ1) is 8.86. The highest BCUT2D eigenvalue weighted by Crippen LogP contribution is 2.20. The largest absolute Gasteiger partial charge is 0.361 e. The Balaban J connectivity index is 1.96. The van der Waals surface area contributed by atoms with Crippen molar-refractivity contribution in [3.05, 3.63) is 41.9 Å². The lowest BCUT2D eigenvalue weighted by molar-refractivity contribution is 0.572. The van der Waals surface area contributed by atoms with Crippen molar-refractivity contribution in [1.29, 1.82) is 0 Å². The molecule has 6 nitrogen and oxygen atoms in total. The summed E-state index contributed by atoms with van der Waals surface area (Å²) in [5.41, 5.74) is 9.15. The van der Waals surface area contributed by atoms with E-state index in [1.54, 1.807) is 4.80 Å². The molecule has 0 spiro atoms. The maximum Gasteiger partial charge on any atom is 0.162 e. The van der Waals surface area contributed by atoms with Gasteiger partial charge in [0.15, 0.2) is 6.33 Å². The van der Waals surface area contributed by atoms with Crippen molar-refractivity contribution in [2.24, 2.45) is 5.73 Å². The SMILES string of the molecule is NCCc1c[nH]c2ccc(Cn3ncnn3)cc12. The summed E-state index contributed by atoms with van der Waals surface area (Å²) < 4.78 is 0. The van der Waals surface area contributed by atoms with Crippen LogP contribution < -0.4 is 5.73 Å². The van der Waals surface area contributed by atoms with Gasteiger partial charge in [0.05, 0.1) is 6.54 Å². The van der Waals surface area contributed by atoms with E-state index in [1.807, 2.05) is 6.20 Å². The van der Waals surface area contributed by atoms with E-state index in [0.29, 0.717) is 13.1 Å². The van der Waals surface area contributed by atoms with Crippen LogP contribution >= 0.6 is 0 Å². The number of nitrogens with two attached hydrogens (primary N) is 1. The molecule has 0 aliphatic rings. The molecule has 0 aliphatic heterocycles. The van der Waals surface area contributed by atoms with Crippen LogP contribution in [0.5, 0.6) is 0 Å². The topological polar surface area (TPSA) is 85.4 Å². The number of nitrogens with one attached hydrogen (secondary N) is 1. The van der Waals surface area contributed by atoms with Crippen LogP contribution in [0.2, 0.25) is 0 Å². The third-order valence-electron chi connectivity index (χ3n) is 2.96. The van der Waals surface area contributed by atoms with Crippen LogP contribution in [0.4, 0.5) is 0 Å². The van der Waals surface area contributed by atoms with Crippen LogP contribution in [0.1, 0.15) is 11.1 Å². The summed E-state index contributed by atoms with van der Waals surface area (Å²) >= 11 is 0. The van der Waals surface area contributed by atoms with Crippen molar-refractivity contribution in [2.45, 2.75) is 13.0 Å². The van der Waals surface area contributed by atoms with Crippen LogP contribution in [0, 0.1) is 0 Å². The van der Waals surface area contributed by atoms with Crippen LogP contribution in [0.25, 0.3) is 10.9 Å². The van der Waals surface area contributed by atoms with Crippen molar-refractivity contribution < 1.29 is 0 Å². The zero-order chi connectivity index (χ0) is 12.4. The zero-order valence-electron chi connectivity index (χ0n) is 9.87. The molecule has 0 saturated carbocycles. The normalized spacial score (nSPS) is 11.2. The first-order valence-corrected chi connectivity index (χ1v) is 5.86. The summed E-state index contributed by atoms with van der Waals surface area (Å²) in [6, 6.07) is 6.29. The monoisotopic (exact) mass is 242 g/mol. The summed E-state index contributed by atoms with van der Waals surface area (Å²) in [5.74, 6) is 0. The lowest BCUT2D eigenvalue weighted by Gasteiger charge is -2.02. The quantitative estimate of drug-likeness (QED) is 0.705. The Hall–Kier alpha value is -2.21. The second-order valence-electron chi connectivity index (χ2n) is 4.20. The van der Waals surface area contributed by atoms with E-state index in [1.165, 1.54) is 17.3 Å². The molecule has 0 radical (unpaired) electrons. The molecule has 2 aromatic heterocycles. The van der Waals surface area contributed by atoms with E-state index >= 15 is 0 Å². The Labute approximate surface area is 104 Å². The summed E-state index contributed by atoms with van der Waals surface area (Å²) in [6.07, 6.45) is 4.34. The molecule has 3 rings (SSSR count). The molecule has 2 heterocycles. The molecular weight excluding hydrogens is 228 g/mol. The minimum atomic E-state index is 0.628. The van der Waals surface area contributed by atoms with Crippen molar-refractivity contribution >= 4 is 10.9 Å². The lowest BCUT2D eigenvalue weighted by atomic mass is 10.1. The first kappa shape index (κ1) is 10.9. The van der Waals surface area contributed by atoms with E-state index in [2.05, 4.69) is 38.6 Å². The van der Waals surface area contributed by atoms with Gasteiger partial charge >= 0.3 is 0 Å². The molecule has 0 amide bonds. The van der Waals surface area contributed by atoms with Gasteiger partial charge in [-0.2, -0.15) is 4.80 Å². The Morgan fingerprint density at radius 1 is 1.33 bits per heavy atom. The molecule has 92 valence electrons. The van der Waals surface area contributed by atoms with E-state index in [-0.39, 0.29) is 0 Å². The van der Waals surface area contributed by atoms with Crippen molar-refractivity contribution in [1.82, 2.24) is 25.2 Å². The minimum absolute atomic E-state index is 0.628. The van der Waals surface area contributed by atoms with Gasteiger partial charge in [0.1, 0.15) is 0 Å². The van der Waals surface area contributed by atoms with E-state index in [9.17, 15) is 0 Å². The van der Waals surface area contributed by atoms with Gasteiger partial charge in [-0.15, -0.1) is 10.2 Å². The predicted molar refractivity (Wildman–Crippen MR) is 68.0 cm³/mol. The Morgan fingerprint density at radius 3 is 3.06 bits per heavy atom. The van der Waals surface area contributed by atoms with Gasteiger partial charge in [0.2, 0.25) is 0 Å². The predicted octanol–water partition coefficient (Wildman–Crippen LogP) is 0.704. The van der Waals surface area contributed by atoms with Gasteiger partial charge in [-0.05, 0) is 41.4 Å². The van der Waals surface area contributed by atoms with Crippen LogP contribution in [0.15, 0.2) is 30.7 Å². The van der Waals surface area contributed by atoms with Gasteiger partial charge < -0.3 is 10.7 Å². The second-order valence-corrected chi connectivity index (χ2v) is 4.20. The number of tetrazole rings is 1. The maximum absolute atomic E-state index is 5.61. The number of rotatable bonds is 4. The summed E-state index contributed by atoms with van der Waals surface area (Å²) in [7, 11) is 0. The maximum atomic E-state index is 5.61. The zero-order valence-corrected chi connectivity index (χ0v) is 9.87. The number of fused-ring (bicyclic) bond motifs is 1. The molecule has 0 fully saturated rings. The molecule has 3 aromatic rings. The highest BCUT2D eigenvalue weighted by molar-refractivity contribution is 5.83. The molecule has 0 aliphatic carbocycles. The van der Waals surface area contributed by atoms with Crippen molar-refractivity contribution in [2.75, 3.05) is 6.54 Å². The molecule has 0 saturated heterocycles. The highest BCUT2D eigenvalue weighted by Gasteiger charge is 2.05. The van der Waals surface area contributed by atoms with Crippen LogP contribution in [-0.4, -0.2) is 31.7 Å². The van der Waals surface area contributed by atoms with Crippen LogP contribution in [-0.2, 0) is 13.0 Å². The van der Waals surface area contributed by atoms with Gasteiger partial charge in [0, 0.05) is 17.1 Å². The summed E-state index contributed by atoms with van der Waals surface area (Å²) in [5, 5.41) is 12.8. The molecule has 18 heavy (non-hydrogen) atoms. The summed E-state index contributed by atoms with van der Waals surface area (Å²) in [4.78, 5) is 4.82. The summed E-state index contributed by atoms with van der Waals surface area (Å²) in [6.45, 7) is 1.28. The smallest absolute Gasteiger partial charge is 0.162 e. The third-order valence-corrected chi connectivity index (χ3v) is 2.96. The number of aromatic nitrogens is 5. The average molecular weight is 242 g/mol. The molecule has 3 N–H and O–H groups in total. The highest BCUT2D eigenvalue weighted by atomic mass is 15.6. The van der Waals surface area contributed by atoms with Crippen molar-refractivity contribution in [3.8, 4) is 0 Å². The number of aromatic amines is 1. The fourth-order valence-electron chi connectivity index (χ4n) is 2.11. The Kier molecular flexibility index (Phi) is 2.77. The van der Waals surface area contributed by atoms with Crippen molar-refractivity contribution in [3.63, 3.8) is 0 Å². The molecule has 1 aromatic carbocycles. The number of nitrogens with zero attached hydrogens (tertiary/aromatic N) is 4. The van der Waals surface area contributed by atoms with Gasteiger partial charge in [-0.25, -0.2) is 0 Å². The second kappa shape index (κ2) is 4.58. The Morgan fingerprint density at radius 2 is 2.28 bits per heavy atom. The van der Waals surface area contributed by atoms with Crippen LogP contribution in [0.3, 0.4) is 0 Å². The Bertz CT molecular complexity index is 640. The lowest BCUT2D eigenvalue weighted by Crippen LogP contribution is -2.04. The molecule has 0 atom stereocenters. The molecule has 0 bridgehead atoms. The molecule has 0 unspecified atom stereocenters. The van der Waals surface area contributed by atoms with Gasteiger partial charge in [0.25, 0.3) is 0 Å². The third kappa shape index (κ3) is 1.98. The van der Waals surface area contributed by atoms with E-state index in [0.717, 1.165) is 17.5 Å². The van der Waals surface area contributed by atoms with E-state index < -0.39 is 0 Å². The number of benzene rings is 1. The standard InChI is InChI=1S/C12H14N6/c13-4-3-10-6-14-12-2-1-9(5-11(10)12)7-18-16-8-15-17-18/h1-2,5-6,8,14H,3-4,7,13H2. The minimum Gasteiger partial charge on any atom is -0.361 e. The average Bonchev–Trinajstić information content (AvgIpc) is 3.00. The number of hydrogen-bond donors (Lipinski definition) is 2. The number of H-pyrrole nitrogens is 1. The first-order valence-electron chi connectivity index (χ1n) is 5.86. The molecular formula is C12H14N6. The fraction of sp³-hybridized carbons (Fsp3) is 0.250. The fourth-order valence-corrected chi connectivity index (χ4v) is 2.11. The molecule has 6 heteroatoms.